The number of benzene rings is 1. The number of nitriles is 1. The second-order valence-corrected chi connectivity index (χ2v) is 5.31. The predicted octanol–water partition coefficient (Wildman–Crippen LogP) is 4.51. The van der Waals surface area contributed by atoms with Gasteiger partial charge in [-0.3, -0.25) is 0 Å². The molecule has 0 aliphatic carbocycles. The zero-order valence-electron chi connectivity index (χ0n) is 12.4. The van der Waals surface area contributed by atoms with E-state index in [0.717, 1.165) is 23.4 Å². The van der Waals surface area contributed by atoms with E-state index in [1.807, 2.05) is 13.8 Å². The number of aromatic nitrogens is 2. The summed E-state index contributed by atoms with van der Waals surface area (Å²) in [5.41, 5.74) is 2.95. The van der Waals surface area contributed by atoms with Gasteiger partial charge in [-0.05, 0) is 37.1 Å². The molecule has 0 N–H and O–H groups in total. The minimum atomic E-state index is -4.39. The van der Waals surface area contributed by atoms with E-state index < -0.39 is 11.7 Å². The van der Waals surface area contributed by atoms with Gasteiger partial charge in [0.1, 0.15) is 6.07 Å². The fourth-order valence-corrected chi connectivity index (χ4v) is 2.55. The number of fused-ring (bicyclic) bond motifs is 1. The molecule has 3 aromatic rings. The molecule has 0 spiro atoms. The highest BCUT2D eigenvalue weighted by Crippen LogP contribution is 2.32. The van der Waals surface area contributed by atoms with Gasteiger partial charge >= 0.3 is 6.18 Å². The van der Waals surface area contributed by atoms with Gasteiger partial charge in [-0.2, -0.15) is 18.4 Å². The van der Waals surface area contributed by atoms with Gasteiger partial charge < -0.3 is 4.40 Å². The van der Waals surface area contributed by atoms with Gasteiger partial charge in [-0.1, -0.05) is 12.1 Å². The van der Waals surface area contributed by atoms with Gasteiger partial charge in [0.15, 0.2) is 5.65 Å². The van der Waals surface area contributed by atoms with Crippen molar-refractivity contribution in [3.63, 3.8) is 0 Å². The van der Waals surface area contributed by atoms with Crippen molar-refractivity contribution in [3.05, 3.63) is 59.0 Å². The summed E-state index contributed by atoms with van der Waals surface area (Å²) in [7, 11) is 0. The molecule has 0 aliphatic rings. The lowest BCUT2D eigenvalue weighted by molar-refractivity contribution is -0.137. The van der Waals surface area contributed by atoms with Gasteiger partial charge in [0.05, 0.1) is 11.1 Å². The van der Waals surface area contributed by atoms with Crippen LogP contribution in [0, 0.1) is 25.2 Å². The third-order valence-corrected chi connectivity index (χ3v) is 3.96. The summed E-state index contributed by atoms with van der Waals surface area (Å²) in [4.78, 5) is 4.26. The Bertz CT molecular complexity index is 946. The Morgan fingerprint density at radius 3 is 2.57 bits per heavy atom. The van der Waals surface area contributed by atoms with E-state index in [1.54, 1.807) is 16.7 Å². The van der Waals surface area contributed by atoms with E-state index in [1.165, 1.54) is 12.3 Å². The molecule has 0 atom stereocenters. The summed E-state index contributed by atoms with van der Waals surface area (Å²) in [6.07, 6.45) is -1.19. The molecule has 0 saturated carbocycles. The van der Waals surface area contributed by atoms with Crippen molar-refractivity contribution in [1.29, 1.82) is 5.26 Å². The molecule has 0 fully saturated rings. The van der Waals surface area contributed by atoms with Crippen molar-refractivity contribution in [2.75, 3.05) is 0 Å². The molecular weight excluding hydrogens is 303 g/mol. The highest BCUT2D eigenvalue weighted by atomic mass is 19.4. The summed E-state index contributed by atoms with van der Waals surface area (Å²) in [6, 6.07) is 7.23. The van der Waals surface area contributed by atoms with E-state index in [0.29, 0.717) is 22.3 Å². The molecule has 6 heteroatoms. The molecule has 0 aliphatic heterocycles. The Labute approximate surface area is 130 Å². The Kier molecular flexibility index (Phi) is 3.37. The molecule has 1 aromatic carbocycles. The van der Waals surface area contributed by atoms with Gasteiger partial charge in [0, 0.05) is 23.7 Å². The first-order valence-corrected chi connectivity index (χ1v) is 6.88. The molecule has 2 aromatic heterocycles. The first-order chi connectivity index (χ1) is 10.8. The van der Waals surface area contributed by atoms with Crippen LogP contribution in [0.25, 0.3) is 16.8 Å². The van der Waals surface area contributed by atoms with Gasteiger partial charge in [-0.15, -0.1) is 0 Å². The Hall–Kier alpha value is -2.81. The average Bonchev–Trinajstić information content (AvgIpc) is 2.77. The second kappa shape index (κ2) is 5.13. The normalized spacial score (nSPS) is 11.7. The summed E-state index contributed by atoms with van der Waals surface area (Å²) in [5.74, 6) is 0. The molecule has 0 radical (unpaired) electrons. The highest BCUT2D eigenvalue weighted by Gasteiger charge is 2.30. The molecule has 0 saturated heterocycles. The monoisotopic (exact) mass is 315 g/mol. The topological polar surface area (TPSA) is 41.1 Å². The van der Waals surface area contributed by atoms with Gasteiger partial charge in [-0.25, -0.2) is 4.98 Å². The zero-order valence-corrected chi connectivity index (χ0v) is 12.4. The molecule has 116 valence electrons. The van der Waals surface area contributed by atoms with Crippen molar-refractivity contribution >= 4 is 5.65 Å². The van der Waals surface area contributed by atoms with Crippen LogP contribution in [-0.4, -0.2) is 9.38 Å². The molecular formula is C17H12F3N3. The van der Waals surface area contributed by atoms with Crippen molar-refractivity contribution in [2.24, 2.45) is 0 Å². The molecule has 0 unspecified atom stereocenters. The highest BCUT2D eigenvalue weighted by molar-refractivity contribution is 5.68. The van der Waals surface area contributed by atoms with Crippen molar-refractivity contribution in [3.8, 4) is 17.2 Å². The van der Waals surface area contributed by atoms with Crippen LogP contribution in [0.2, 0.25) is 0 Å². The quantitative estimate of drug-likeness (QED) is 0.663. The van der Waals surface area contributed by atoms with Crippen LogP contribution < -0.4 is 0 Å². The lowest BCUT2D eigenvalue weighted by Gasteiger charge is -2.09. The third-order valence-electron chi connectivity index (χ3n) is 3.96. The van der Waals surface area contributed by atoms with Crippen LogP contribution in [0.5, 0.6) is 0 Å². The van der Waals surface area contributed by atoms with E-state index in [4.69, 9.17) is 0 Å². The first-order valence-electron chi connectivity index (χ1n) is 6.88. The Morgan fingerprint density at radius 2 is 1.91 bits per heavy atom. The number of halogens is 3. The summed E-state index contributed by atoms with van der Waals surface area (Å²) in [6.45, 7) is 3.67. The first kappa shape index (κ1) is 15.1. The number of nitrogens with zero attached hydrogens (tertiary/aromatic N) is 3. The van der Waals surface area contributed by atoms with Crippen LogP contribution in [0.4, 0.5) is 13.2 Å². The maximum Gasteiger partial charge on any atom is 0.416 e. The van der Waals surface area contributed by atoms with Crippen molar-refractivity contribution in [2.45, 2.75) is 20.0 Å². The number of rotatable bonds is 1. The molecule has 23 heavy (non-hydrogen) atoms. The maximum absolute atomic E-state index is 12.8. The Morgan fingerprint density at radius 1 is 1.17 bits per heavy atom. The minimum Gasteiger partial charge on any atom is -0.304 e. The number of hydrogen-bond acceptors (Lipinski definition) is 2. The smallest absolute Gasteiger partial charge is 0.304 e. The number of aryl methyl sites for hydroxylation is 1. The molecule has 3 rings (SSSR count). The standard InChI is InChI=1S/C17H12F3N3/c1-10-11(2)23-9-13(8-22-16(23)15(10)7-21)12-4-3-5-14(6-12)17(18,19)20/h3-6,8-9H,1-2H3. The van der Waals surface area contributed by atoms with Crippen LogP contribution in [0.1, 0.15) is 22.4 Å². The van der Waals surface area contributed by atoms with Crippen molar-refractivity contribution < 1.29 is 13.2 Å². The van der Waals surface area contributed by atoms with E-state index >= 15 is 0 Å². The van der Waals surface area contributed by atoms with E-state index in [2.05, 4.69) is 11.1 Å². The SMILES string of the molecule is Cc1c(C#N)c2ncc(-c3cccc(C(F)(F)F)c3)cn2c1C. The van der Waals surface area contributed by atoms with Crippen molar-refractivity contribution in [1.82, 2.24) is 9.38 Å². The molecule has 0 bridgehead atoms. The predicted molar refractivity (Wildman–Crippen MR) is 79.8 cm³/mol. The van der Waals surface area contributed by atoms with Crippen LogP contribution >= 0.6 is 0 Å². The number of hydrogen-bond donors (Lipinski definition) is 0. The van der Waals surface area contributed by atoms with Gasteiger partial charge in [0.25, 0.3) is 0 Å². The van der Waals surface area contributed by atoms with E-state index in [9.17, 15) is 18.4 Å². The zero-order chi connectivity index (χ0) is 16.8. The lowest BCUT2D eigenvalue weighted by atomic mass is 10.1. The molecule has 2 heterocycles. The number of alkyl halides is 3. The third kappa shape index (κ3) is 2.44. The van der Waals surface area contributed by atoms with Crippen LogP contribution in [0.3, 0.4) is 0 Å². The van der Waals surface area contributed by atoms with Crippen LogP contribution in [-0.2, 0) is 6.18 Å². The molecule has 3 nitrogen and oxygen atoms in total. The minimum absolute atomic E-state index is 0.429. The summed E-state index contributed by atoms with van der Waals surface area (Å²) in [5, 5.41) is 9.21. The molecule has 0 amide bonds. The summed E-state index contributed by atoms with van der Waals surface area (Å²) < 4.78 is 40.3. The largest absolute Gasteiger partial charge is 0.416 e. The van der Waals surface area contributed by atoms with Gasteiger partial charge in [0.2, 0.25) is 0 Å². The average molecular weight is 315 g/mol. The van der Waals surface area contributed by atoms with Crippen LogP contribution in [0.15, 0.2) is 36.7 Å². The maximum atomic E-state index is 12.8. The fraction of sp³-hybridized carbons (Fsp3) is 0.176. The fourth-order valence-electron chi connectivity index (χ4n) is 2.55. The Balaban J connectivity index is 2.19. The summed E-state index contributed by atoms with van der Waals surface area (Å²) >= 11 is 0. The second-order valence-electron chi connectivity index (χ2n) is 5.31. The lowest BCUT2D eigenvalue weighted by Crippen LogP contribution is -2.04. The van der Waals surface area contributed by atoms with E-state index in [-0.39, 0.29) is 0 Å².